The molecule has 0 bridgehead atoms. The number of aliphatic hydroxyl groups is 3. The smallest absolute Gasteiger partial charge is 0.172 e. The summed E-state index contributed by atoms with van der Waals surface area (Å²) < 4.78 is 46.1. The molecule has 3 aromatic rings. The molecule has 1 atom stereocenters. The first-order valence-electron chi connectivity index (χ1n) is 12.6. The predicted molar refractivity (Wildman–Crippen MR) is 141 cm³/mol. The third-order valence-electron chi connectivity index (χ3n) is 7.53. The SMILES string of the molecule is COc1ccc2ncc(CO)c([C@H](O)CCC3(CO)CCN(CCSc4cc(F)cc(F)c4F)CC3)c2c1. The molecule has 206 valence electrons. The predicted octanol–water partition coefficient (Wildman–Crippen LogP) is 4.83. The first-order valence-corrected chi connectivity index (χ1v) is 13.6. The van der Waals surface area contributed by atoms with Crippen LogP contribution in [0.15, 0.2) is 41.4 Å². The number of aliphatic hydroxyl groups excluding tert-OH is 3. The van der Waals surface area contributed by atoms with Crippen LogP contribution in [0.5, 0.6) is 5.75 Å². The standard InChI is InChI=1S/C28H33F3N2O4S/c1-37-20-2-3-23-21(14-20)26(18(16-34)15-32-23)24(36)4-5-28(17-35)6-8-33(9-7-28)10-11-38-25-13-19(29)12-22(30)27(25)31/h2-3,12-15,24,34-36H,4-11,16-17H2,1H3/t24-/m1/s1. The van der Waals surface area contributed by atoms with Gasteiger partial charge in [0.25, 0.3) is 0 Å². The maximum Gasteiger partial charge on any atom is 0.172 e. The van der Waals surface area contributed by atoms with Crippen molar-refractivity contribution in [1.29, 1.82) is 0 Å². The van der Waals surface area contributed by atoms with Gasteiger partial charge >= 0.3 is 0 Å². The highest BCUT2D eigenvalue weighted by molar-refractivity contribution is 7.99. The number of aromatic nitrogens is 1. The summed E-state index contributed by atoms with van der Waals surface area (Å²) in [4.78, 5) is 6.54. The third-order valence-corrected chi connectivity index (χ3v) is 8.52. The van der Waals surface area contributed by atoms with Crippen LogP contribution in [-0.2, 0) is 6.61 Å². The van der Waals surface area contributed by atoms with Crippen molar-refractivity contribution in [3.05, 3.63) is 65.1 Å². The minimum atomic E-state index is -1.19. The van der Waals surface area contributed by atoms with Crippen LogP contribution in [0, 0.1) is 22.9 Å². The van der Waals surface area contributed by atoms with E-state index in [9.17, 15) is 28.5 Å². The number of pyridine rings is 1. The van der Waals surface area contributed by atoms with Gasteiger partial charge in [0.2, 0.25) is 0 Å². The number of rotatable bonds is 11. The Morgan fingerprint density at radius 3 is 2.58 bits per heavy atom. The van der Waals surface area contributed by atoms with Crippen LogP contribution in [-0.4, -0.2) is 64.3 Å². The van der Waals surface area contributed by atoms with Gasteiger partial charge in [0, 0.05) is 47.0 Å². The number of fused-ring (bicyclic) bond motifs is 1. The van der Waals surface area contributed by atoms with Crippen LogP contribution >= 0.6 is 11.8 Å². The highest BCUT2D eigenvalue weighted by Gasteiger charge is 2.34. The van der Waals surface area contributed by atoms with Gasteiger partial charge in [0.1, 0.15) is 11.6 Å². The van der Waals surface area contributed by atoms with Crippen LogP contribution in [0.4, 0.5) is 13.2 Å². The number of thioether (sulfide) groups is 1. The fourth-order valence-electron chi connectivity index (χ4n) is 5.13. The lowest BCUT2D eigenvalue weighted by Gasteiger charge is -2.41. The van der Waals surface area contributed by atoms with Crippen molar-refractivity contribution in [3.8, 4) is 5.75 Å². The second-order valence-corrected chi connectivity index (χ2v) is 11.0. The Bertz CT molecular complexity index is 1250. The number of piperidine rings is 1. The molecule has 38 heavy (non-hydrogen) atoms. The molecule has 1 saturated heterocycles. The second-order valence-electron chi connectivity index (χ2n) is 9.84. The van der Waals surface area contributed by atoms with Crippen LogP contribution in [0.25, 0.3) is 10.9 Å². The summed E-state index contributed by atoms with van der Waals surface area (Å²) >= 11 is 1.08. The fourth-order valence-corrected chi connectivity index (χ4v) is 6.12. The molecule has 3 N–H and O–H groups in total. The van der Waals surface area contributed by atoms with Crippen molar-refractivity contribution < 1.29 is 33.2 Å². The first kappa shape index (κ1) is 28.6. The van der Waals surface area contributed by atoms with E-state index < -0.39 is 23.6 Å². The van der Waals surface area contributed by atoms with E-state index in [1.807, 2.05) is 12.1 Å². The van der Waals surface area contributed by atoms with E-state index in [2.05, 4.69) is 9.88 Å². The molecule has 0 amide bonds. The Hall–Kier alpha value is -2.37. The molecular weight excluding hydrogens is 517 g/mol. The van der Waals surface area contributed by atoms with Crippen LogP contribution < -0.4 is 4.74 Å². The van der Waals surface area contributed by atoms with Crippen LogP contribution in [0.3, 0.4) is 0 Å². The number of hydrogen-bond acceptors (Lipinski definition) is 7. The van der Waals surface area contributed by atoms with Crippen molar-refractivity contribution in [2.24, 2.45) is 5.41 Å². The maximum absolute atomic E-state index is 13.9. The zero-order valence-electron chi connectivity index (χ0n) is 21.3. The minimum Gasteiger partial charge on any atom is -0.497 e. The van der Waals surface area contributed by atoms with Gasteiger partial charge in [-0.15, -0.1) is 11.8 Å². The Morgan fingerprint density at radius 1 is 1.13 bits per heavy atom. The van der Waals surface area contributed by atoms with Gasteiger partial charge in [0.05, 0.1) is 25.3 Å². The number of benzene rings is 2. The molecule has 6 nitrogen and oxygen atoms in total. The summed E-state index contributed by atoms with van der Waals surface area (Å²) in [6.45, 7) is 1.80. The topological polar surface area (TPSA) is 86.0 Å². The Kier molecular flexibility index (Phi) is 9.54. The minimum absolute atomic E-state index is 0.00609. The lowest BCUT2D eigenvalue weighted by Crippen LogP contribution is -2.43. The van der Waals surface area contributed by atoms with Crippen molar-refractivity contribution in [2.45, 2.75) is 43.3 Å². The van der Waals surface area contributed by atoms with Crippen molar-refractivity contribution in [2.75, 3.05) is 39.1 Å². The van der Waals surface area contributed by atoms with Crippen LogP contribution in [0.2, 0.25) is 0 Å². The fraction of sp³-hybridized carbons (Fsp3) is 0.464. The van der Waals surface area contributed by atoms with E-state index in [0.717, 1.165) is 36.1 Å². The Balaban J connectivity index is 1.35. The molecule has 0 saturated carbocycles. The van der Waals surface area contributed by atoms with E-state index in [4.69, 9.17) is 4.74 Å². The summed E-state index contributed by atoms with van der Waals surface area (Å²) in [5, 5.41) is 32.1. The maximum atomic E-state index is 13.9. The summed E-state index contributed by atoms with van der Waals surface area (Å²) in [6, 6.07) is 6.96. The van der Waals surface area contributed by atoms with Gasteiger partial charge in [-0.25, -0.2) is 13.2 Å². The zero-order valence-corrected chi connectivity index (χ0v) is 22.1. The highest BCUT2D eigenvalue weighted by atomic mass is 32.2. The van der Waals surface area contributed by atoms with Gasteiger partial charge in [-0.2, -0.15) is 0 Å². The van der Waals surface area contributed by atoms with E-state index in [1.54, 1.807) is 19.4 Å². The zero-order chi connectivity index (χ0) is 27.3. The molecule has 1 aliphatic heterocycles. The average molecular weight is 551 g/mol. The van der Waals surface area contributed by atoms with Crippen molar-refractivity contribution >= 4 is 22.7 Å². The van der Waals surface area contributed by atoms with E-state index in [1.165, 1.54) is 0 Å². The van der Waals surface area contributed by atoms with Crippen LogP contribution in [0.1, 0.15) is 42.9 Å². The lowest BCUT2D eigenvalue weighted by molar-refractivity contribution is 0.0252. The normalized spacial score (nSPS) is 16.6. The Labute approximate surface area is 224 Å². The quantitative estimate of drug-likeness (QED) is 0.233. The molecule has 0 aliphatic carbocycles. The first-order chi connectivity index (χ1) is 18.3. The lowest BCUT2D eigenvalue weighted by atomic mass is 9.74. The van der Waals surface area contributed by atoms with E-state index >= 15 is 0 Å². The van der Waals surface area contributed by atoms with Crippen molar-refractivity contribution in [3.63, 3.8) is 0 Å². The molecule has 1 aromatic heterocycles. The molecule has 0 unspecified atom stereocenters. The number of likely N-dealkylation sites (tertiary alicyclic amines) is 1. The number of hydrogen-bond donors (Lipinski definition) is 3. The second kappa shape index (κ2) is 12.7. The Morgan fingerprint density at radius 2 is 1.89 bits per heavy atom. The average Bonchev–Trinajstić information content (AvgIpc) is 2.94. The number of halogens is 3. The largest absolute Gasteiger partial charge is 0.497 e. The molecule has 2 aromatic carbocycles. The molecular formula is C28H33F3N2O4S. The molecule has 10 heteroatoms. The summed E-state index contributed by atoms with van der Waals surface area (Å²) in [6.07, 6.45) is 3.18. The number of methoxy groups -OCH3 is 1. The molecule has 0 radical (unpaired) electrons. The van der Waals surface area contributed by atoms with Gasteiger partial charge < -0.3 is 25.0 Å². The molecule has 1 aliphatic rings. The monoisotopic (exact) mass is 550 g/mol. The summed E-state index contributed by atoms with van der Waals surface area (Å²) in [5.41, 5.74) is 1.53. The number of ether oxygens (including phenoxy) is 1. The van der Waals surface area contributed by atoms with Gasteiger partial charge in [0.15, 0.2) is 11.6 Å². The number of nitrogens with zero attached hydrogens (tertiary/aromatic N) is 2. The molecule has 4 rings (SSSR count). The highest BCUT2D eigenvalue weighted by Crippen LogP contribution is 2.40. The van der Waals surface area contributed by atoms with Gasteiger partial charge in [-0.05, 0) is 74.0 Å². The van der Waals surface area contributed by atoms with Gasteiger partial charge in [-0.3, -0.25) is 4.98 Å². The molecule has 0 spiro atoms. The van der Waals surface area contributed by atoms with Gasteiger partial charge in [-0.1, -0.05) is 0 Å². The van der Waals surface area contributed by atoms with Crippen molar-refractivity contribution in [1.82, 2.24) is 9.88 Å². The van der Waals surface area contributed by atoms with E-state index in [0.29, 0.717) is 66.7 Å². The molecule has 2 heterocycles. The third kappa shape index (κ3) is 6.43. The molecule has 1 fully saturated rings. The summed E-state index contributed by atoms with van der Waals surface area (Å²) in [7, 11) is 1.57. The summed E-state index contributed by atoms with van der Waals surface area (Å²) in [5.74, 6) is -1.91. The van der Waals surface area contributed by atoms with E-state index in [-0.39, 0.29) is 23.5 Å².